The lowest BCUT2D eigenvalue weighted by Crippen LogP contribution is -2.54. The smallest absolute Gasteiger partial charge is 0.223 e. The summed E-state index contributed by atoms with van der Waals surface area (Å²) in [6.45, 7) is 3.08. The van der Waals surface area contributed by atoms with Crippen molar-refractivity contribution in [3.63, 3.8) is 0 Å². The summed E-state index contributed by atoms with van der Waals surface area (Å²) in [5, 5.41) is 0. The van der Waals surface area contributed by atoms with Gasteiger partial charge in [0.2, 0.25) is 5.91 Å². The highest BCUT2D eigenvalue weighted by Gasteiger charge is 2.43. The topological polar surface area (TPSA) is 36.1 Å². The van der Waals surface area contributed by atoms with Crippen LogP contribution < -0.4 is 0 Å². The van der Waals surface area contributed by atoms with Gasteiger partial charge >= 0.3 is 0 Å². The SMILES string of the molecule is C[C@]12CCCC(=O)N1CCc1cc[nH]c12. The fourth-order valence-electron chi connectivity index (χ4n) is 3.10. The molecule has 80 valence electrons. The van der Waals surface area contributed by atoms with E-state index in [2.05, 4.69) is 22.9 Å². The quantitative estimate of drug-likeness (QED) is 0.687. The molecule has 1 fully saturated rings. The van der Waals surface area contributed by atoms with Crippen LogP contribution in [0.4, 0.5) is 0 Å². The van der Waals surface area contributed by atoms with Gasteiger partial charge in [0.1, 0.15) is 0 Å². The van der Waals surface area contributed by atoms with E-state index in [1.807, 2.05) is 6.20 Å². The third kappa shape index (κ3) is 1.09. The first-order valence-corrected chi connectivity index (χ1v) is 5.69. The molecule has 1 saturated heterocycles. The van der Waals surface area contributed by atoms with E-state index in [-0.39, 0.29) is 5.54 Å². The number of nitrogens with one attached hydrogen (secondary N) is 1. The molecular weight excluding hydrogens is 188 g/mol. The number of hydrogen-bond acceptors (Lipinski definition) is 1. The van der Waals surface area contributed by atoms with Gasteiger partial charge in [-0.05, 0) is 37.8 Å². The minimum atomic E-state index is -0.0631. The molecule has 1 aromatic heterocycles. The van der Waals surface area contributed by atoms with Gasteiger partial charge in [0.05, 0.1) is 5.54 Å². The minimum Gasteiger partial charge on any atom is -0.363 e. The number of fused-ring (bicyclic) bond motifs is 3. The lowest BCUT2D eigenvalue weighted by atomic mass is 9.80. The largest absolute Gasteiger partial charge is 0.363 e. The highest BCUT2D eigenvalue weighted by atomic mass is 16.2. The average molecular weight is 204 g/mol. The summed E-state index contributed by atoms with van der Waals surface area (Å²) >= 11 is 0. The molecule has 3 nitrogen and oxygen atoms in total. The van der Waals surface area contributed by atoms with Crippen molar-refractivity contribution in [3.8, 4) is 0 Å². The van der Waals surface area contributed by atoms with Gasteiger partial charge in [0.15, 0.2) is 0 Å². The Balaban J connectivity index is 2.11. The Morgan fingerprint density at radius 3 is 3.20 bits per heavy atom. The van der Waals surface area contributed by atoms with Crippen LogP contribution in [0.15, 0.2) is 12.3 Å². The van der Waals surface area contributed by atoms with Crippen molar-refractivity contribution in [2.75, 3.05) is 6.54 Å². The minimum absolute atomic E-state index is 0.0631. The Bertz CT molecular complexity index is 410. The van der Waals surface area contributed by atoms with E-state index in [4.69, 9.17) is 0 Å². The molecule has 1 aromatic rings. The van der Waals surface area contributed by atoms with Crippen LogP contribution in [0.5, 0.6) is 0 Å². The number of amides is 1. The van der Waals surface area contributed by atoms with Gasteiger partial charge in [0.25, 0.3) is 0 Å². The van der Waals surface area contributed by atoms with Crippen LogP contribution in [0.25, 0.3) is 0 Å². The number of nitrogens with zero attached hydrogens (tertiary/aromatic N) is 1. The molecule has 0 unspecified atom stereocenters. The van der Waals surface area contributed by atoms with Crippen LogP contribution in [-0.2, 0) is 16.8 Å². The van der Waals surface area contributed by atoms with E-state index in [0.717, 1.165) is 32.2 Å². The molecule has 3 heteroatoms. The number of hydrogen-bond donors (Lipinski definition) is 1. The Morgan fingerprint density at radius 1 is 1.47 bits per heavy atom. The molecule has 0 saturated carbocycles. The molecular formula is C12H16N2O. The third-order valence-corrected chi connectivity index (χ3v) is 3.93. The number of carbonyl (C=O) groups is 1. The molecule has 0 bridgehead atoms. The van der Waals surface area contributed by atoms with E-state index < -0.39 is 0 Å². The van der Waals surface area contributed by atoms with E-state index in [0.29, 0.717) is 5.91 Å². The summed E-state index contributed by atoms with van der Waals surface area (Å²) in [5.41, 5.74) is 2.59. The first-order chi connectivity index (χ1) is 7.22. The standard InChI is InChI=1S/C12H16N2O/c1-12-6-2-3-10(15)14(12)8-5-9-4-7-13-11(9)12/h4,7,13H,2-3,5-6,8H2,1H3/t12-/m1/s1. The summed E-state index contributed by atoms with van der Waals surface area (Å²) in [6.07, 6.45) is 5.83. The number of carbonyl (C=O) groups excluding carboxylic acids is 1. The lowest BCUT2D eigenvalue weighted by molar-refractivity contribution is -0.142. The van der Waals surface area contributed by atoms with Crippen molar-refractivity contribution in [1.29, 1.82) is 0 Å². The predicted molar refractivity (Wildman–Crippen MR) is 57.4 cm³/mol. The van der Waals surface area contributed by atoms with Gasteiger partial charge in [-0.2, -0.15) is 0 Å². The molecule has 0 spiro atoms. The second-order valence-electron chi connectivity index (χ2n) is 4.80. The Labute approximate surface area is 89.5 Å². The normalized spacial score (nSPS) is 29.9. The van der Waals surface area contributed by atoms with Crippen LogP contribution in [-0.4, -0.2) is 22.3 Å². The molecule has 15 heavy (non-hydrogen) atoms. The van der Waals surface area contributed by atoms with Gasteiger partial charge in [-0.15, -0.1) is 0 Å². The molecule has 2 aliphatic heterocycles. The van der Waals surface area contributed by atoms with E-state index >= 15 is 0 Å². The molecule has 2 aliphatic rings. The van der Waals surface area contributed by atoms with Crippen molar-refractivity contribution >= 4 is 5.91 Å². The number of H-pyrrole nitrogens is 1. The summed E-state index contributed by atoms with van der Waals surface area (Å²) in [7, 11) is 0. The Hall–Kier alpha value is -1.25. The number of piperidine rings is 1. The molecule has 0 aliphatic carbocycles. The van der Waals surface area contributed by atoms with E-state index in [1.165, 1.54) is 11.3 Å². The lowest BCUT2D eigenvalue weighted by Gasteiger charge is -2.47. The third-order valence-electron chi connectivity index (χ3n) is 3.93. The summed E-state index contributed by atoms with van der Waals surface area (Å²) in [4.78, 5) is 17.3. The van der Waals surface area contributed by atoms with Gasteiger partial charge in [-0.25, -0.2) is 0 Å². The molecule has 3 heterocycles. The zero-order chi connectivity index (χ0) is 10.5. The zero-order valence-electron chi connectivity index (χ0n) is 9.05. The summed E-state index contributed by atoms with van der Waals surface area (Å²) < 4.78 is 0. The number of aromatic amines is 1. The average Bonchev–Trinajstić information content (AvgIpc) is 2.66. The maximum absolute atomic E-state index is 11.9. The second-order valence-corrected chi connectivity index (χ2v) is 4.80. The van der Waals surface area contributed by atoms with Gasteiger partial charge in [-0.3, -0.25) is 4.79 Å². The Kier molecular flexibility index (Phi) is 1.73. The molecule has 1 amide bonds. The maximum atomic E-state index is 11.9. The van der Waals surface area contributed by atoms with Crippen molar-refractivity contribution in [2.45, 2.75) is 38.1 Å². The second kappa shape index (κ2) is 2.87. The fraction of sp³-hybridized carbons (Fsp3) is 0.583. The molecule has 0 radical (unpaired) electrons. The summed E-state index contributed by atoms with van der Waals surface area (Å²) in [5.74, 6) is 0.323. The van der Waals surface area contributed by atoms with Crippen molar-refractivity contribution in [1.82, 2.24) is 9.88 Å². The fourth-order valence-corrected chi connectivity index (χ4v) is 3.10. The van der Waals surface area contributed by atoms with Gasteiger partial charge in [0, 0.05) is 24.9 Å². The monoisotopic (exact) mass is 204 g/mol. The first kappa shape index (κ1) is 9.01. The van der Waals surface area contributed by atoms with E-state index in [1.54, 1.807) is 0 Å². The maximum Gasteiger partial charge on any atom is 0.223 e. The zero-order valence-corrected chi connectivity index (χ0v) is 9.05. The van der Waals surface area contributed by atoms with Crippen LogP contribution in [0.1, 0.15) is 37.4 Å². The van der Waals surface area contributed by atoms with Crippen molar-refractivity contribution in [3.05, 3.63) is 23.5 Å². The predicted octanol–water partition coefficient (Wildman–Crippen LogP) is 1.80. The van der Waals surface area contributed by atoms with Crippen molar-refractivity contribution in [2.24, 2.45) is 0 Å². The van der Waals surface area contributed by atoms with Crippen LogP contribution in [0.2, 0.25) is 0 Å². The summed E-state index contributed by atoms with van der Waals surface area (Å²) in [6, 6.07) is 2.15. The highest BCUT2D eigenvalue weighted by molar-refractivity contribution is 5.78. The number of aromatic nitrogens is 1. The van der Waals surface area contributed by atoms with Gasteiger partial charge < -0.3 is 9.88 Å². The van der Waals surface area contributed by atoms with Crippen molar-refractivity contribution < 1.29 is 4.79 Å². The van der Waals surface area contributed by atoms with E-state index in [9.17, 15) is 4.79 Å². The molecule has 0 aromatic carbocycles. The van der Waals surface area contributed by atoms with Gasteiger partial charge in [-0.1, -0.05) is 0 Å². The van der Waals surface area contributed by atoms with Crippen LogP contribution in [0.3, 0.4) is 0 Å². The van der Waals surface area contributed by atoms with Crippen LogP contribution >= 0.6 is 0 Å². The first-order valence-electron chi connectivity index (χ1n) is 5.69. The Morgan fingerprint density at radius 2 is 2.33 bits per heavy atom. The highest BCUT2D eigenvalue weighted by Crippen LogP contribution is 2.41. The van der Waals surface area contributed by atoms with Crippen LogP contribution in [0, 0.1) is 0 Å². The molecule has 3 rings (SSSR count). The number of rotatable bonds is 0. The molecule has 1 N–H and O–H groups in total. The molecule has 1 atom stereocenters.